The van der Waals surface area contributed by atoms with Crippen LogP contribution in [0.15, 0.2) is 36.4 Å². The summed E-state index contributed by atoms with van der Waals surface area (Å²) in [4.78, 5) is 11.8. The summed E-state index contributed by atoms with van der Waals surface area (Å²) in [6.07, 6.45) is 0.922. The molecular weight excluding hydrogens is 226 g/mol. The topological polar surface area (TPSA) is 38.3 Å². The largest absolute Gasteiger partial charge is 0.489 e. The van der Waals surface area contributed by atoms with Crippen molar-refractivity contribution in [2.24, 2.45) is 0 Å². The lowest BCUT2D eigenvalue weighted by Crippen LogP contribution is -2.31. The Morgan fingerprint density at radius 3 is 2.50 bits per heavy atom. The van der Waals surface area contributed by atoms with Gasteiger partial charge in [0.05, 0.1) is 0 Å². The minimum Gasteiger partial charge on any atom is -0.489 e. The van der Waals surface area contributed by atoms with E-state index < -0.39 is 0 Å². The number of nitrogens with one attached hydrogen (secondary N) is 1. The van der Waals surface area contributed by atoms with Gasteiger partial charge in [0, 0.05) is 11.6 Å². The summed E-state index contributed by atoms with van der Waals surface area (Å²) in [5, 5.41) is 2.92. The fraction of sp³-hybridized carbons (Fsp3) is 0.400. The molecule has 0 saturated carbocycles. The normalized spacial score (nSPS) is 11.7. The molecule has 0 spiro atoms. The molecule has 1 amide bonds. The van der Waals surface area contributed by atoms with Crippen molar-refractivity contribution in [3.63, 3.8) is 0 Å². The Bertz CT molecular complexity index is 409. The van der Waals surface area contributed by atoms with Gasteiger partial charge in [-0.15, -0.1) is 0 Å². The second-order valence-corrected chi connectivity index (χ2v) is 4.55. The molecule has 0 aliphatic carbocycles. The maximum atomic E-state index is 11.8. The standard InChI is InChI=1S/C15H21NO2/c1-5-12(4)16-15(17)13-6-8-14(9-7-13)18-10-11(2)3/h6-9,12H,2,5,10H2,1,3-4H3,(H,16,17)/t12-/m1/s1. The van der Waals surface area contributed by atoms with Gasteiger partial charge >= 0.3 is 0 Å². The minimum absolute atomic E-state index is 0.0456. The maximum absolute atomic E-state index is 11.8. The molecule has 1 atom stereocenters. The maximum Gasteiger partial charge on any atom is 0.251 e. The second kappa shape index (κ2) is 6.84. The fourth-order valence-corrected chi connectivity index (χ4v) is 1.32. The van der Waals surface area contributed by atoms with E-state index in [4.69, 9.17) is 4.74 Å². The monoisotopic (exact) mass is 247 g/mol. The van der Waals surface area contributed by atoms with Gasteiger partial charge in [0.25, 0.3) is 5.91 Å². The molecule has 0 fully saturated rings. The summed E-state index contributed by atoms with van der Waals surface area (Å²) < 4.78 is 5.47. The van der Waals surface area contributed by atoms with E-state index in [9.17, 15) is 4.79 Å². The fourth-order valence-electron chi connectivity index (χ4n) is 1.32. The molecule has 1 rings (SSSR count). The molecule has 1 N–H and O–H groups in total. The van der Waals surface area contributed by atoms with E-state index in [2.05, 4.69) is 11.9 Å². The van der Waals surface area contributed by atoms with Gasteiger partial charge in [-0.2, -0.15) is 0 Å². The average Bonchev–Trinajstić information content (AvgIpc) is 2.36. The van der Waals surface area contributed by atoms with Crippen LogP contribution in [0.4, 0.5) is 0 Å². The van der Waals surface area contributed by atoms with Crippen LogP contribution in [0.2, 0.25) is 0 Å². The first-order valence-electron chi connectivity index (χ1n) is 6.21. The Hall–Kier alpha value is -1.77. The Morgan fingerprint density at radius 1 is 1.39 bits per heavy atom. The molecule has 0 aliphatic rings. The number of rotatable bonds is 6. The van der Waals surface area contributed by atoms with Crippen molar-refractivity contribution >= 4 is 5.91 Å². The number of amides is 1. The molecule has 0 aliphatic heterocycles. The van der Waals surface area contributed by atoms with Crippen LogP contribution in [0.25, 0.3) is 0 Å². The van der Waals surface area contributed by atoms with E-state index in [-0.39, 0.29) is 11.9 Å². The van der Waals surface area contributed by atoms with Crippen LogP contribution in [0.5, 0.6) is 5.75 Å². The predicted molar refractivity (Wildman–Crippen MR) is 74.0 cm³/mol. The number of carbonyl (C=O) groups is 1. The Labute approximate surface area is 109 Å². The lowest BCUT2D eigenvalue weighted by molar-refractivity contribution is 0.0939. The molecule has 0 aromatic heterocycles. The summed E-state index contributed by atoms with van der Waals surface area (Å²) in [6, 6.07) is 7.33. The van der Waals surface area contributed by atoms with Gasteiger partial charge in [-0.1, -0.05) is 13.5 Å². The Kier molecular flexibility index (Phi) is 5.43. The zero-order valence-electron chi connectivity index (χ0n) is 11.3. The molecule has 0 unspecified atom stereocenters. The van der Waals surface area contributed by atoms with Crippen molar-refractivity contribution in [3.8, 4) is 5.75 Å². The van der Waals surface area contributed by atoms with Crippen molar-refractivity contribution in [1.82, 2.24) is 5.32 Å². The van der Waals surface area contributed by atoms with Gasteiger partial charge in [0.15, 0.2) is 0 Å². The highest BCUT2D eigenvalue weighted by molar-refractivity contribution is 5.94. The molecule has 1 aromatic carbocycles. The van der Waals surface area contributed by atoms with Crippen molar-refractivity contribution in [1.29, 1.82) is 0 Å². The lowest BCUT2D eigenvalue weighted by Gasteiger charge is -2.11. The summed E-state index contributed by atoms with van der Waals surface area (Å²) in [6.45, 7) is 10.2. The molecule has 0 bridgehead atoms. The molecule has 1 aromatic rings. The second-order valence-electron chi connectivity index (χ2n) is 4.55. The third kappa shape index (κ3) is 4.62. The summed E-state index contributed by atoms with van der Waals surface area (Å²) in [5.41, 5.74) is 1.62. The highest BCUT2D eigenvalue weighted by Crippen LogP contribution is 2.13. The van der Waals surface area contributed by atoms with E-state index in [1.807, 2.05) is 20.8 Å². The molecule has 0 heterocycles. The highest BCUT2D eigenvalue weighted by atomic mass is 16.5. The molecule has 0 saturated heterocycles. The van der Waals surface area contributed by atoms with Crippen molar-refractivity contribution in [2.75, 3.05) is 6.61 Å². The van der Waals surface area contributed by atoms with E-state index >= 15 is 0 Å². The van der Waals surface area contributed by atoms with Crippen LogP contribution in [0.1, 0.15) is 37.6 Å². The van der Waals surface area contributed by atoms with Gasteiger partial charge in [0.1, 0.15) is 12.4 Å². The van der Waals surface area contributed by atoms with Gasteiger partial charge < -0.3 is 10.1 Å². The quantitative estimate of drug-likeness (QED) is 0.784. The van der Waals surface area contributed by atoms with Crippen molar-refractivity contribution < 1.29 is 9.53 Å². The van der Waals surface area contributed by atoms with Crippen LogP contribution in [0.3, 0.4) is 0 Å². The van der Waals surface area contributed by atoms with Crippen LogP contribution in [0, 0.1) is 0 Å². The highest BCUT2D eigenvalue weighted by Gasteiger charge is 2.08. The van der Waals surface area contributed by atoms with Crippen molar-refractivity contribution in [3.05, 3.63) is 42.0 Å². The molecule has 98 valence electrons. The SMILES string of the molecule is C=C(C)COc1ccc(C(=O)N[C@H](C)CC)cc1. The Morgan fingerprint density at radius 2 is 2.00 bits per heavy atom. The minimum atomic E-state index is -0.0456. The van der Waals surface area contributed by atoms with Crippen LogP contribution < -0.4 is 10.1 Å². The van der Waals surface area contributed by atoms with Crippen LogP contribution in [-0.4, -0.2) is 18.6 Å². The molecule has 18 heavy (non-hydrogen) atoms. The zero-order chi connectivity index (χ0) is 13.5. The summed E-state index contributed by atoms with van der Waals surface area (Å²) >= 11 is 0. The average molecular weight is 247 g/mol. The summed E-state index contributed by atoms with van der Waals surface area (Å²) in [5.74, 6) is 0.703. The third-order valence-electron chi connectivity index (χ3n) is 2.59. The first-order chi connectivity index (χ1) is 8.52. The predicted octanol–water partition coefficient (Wildman–Crippen LogP) is 3.17. The first-order valence-corrected chi connectivity index (χ1v) is 6.21. The van der Waals surface area contributed by atoms with Crippen molar-refractivity contribution in [2.45, 2.75) is 33.2 Å². The van der Waals surface area contributed by atoms with Gasteiger partial charge in [-0.3, -0.25) is 4.79 Å². The summed E-state index contributed by atoms with van der Waals surface area (Å²) in [7, 11) is 0. The zero-order valence-corrected chi connectivity index (χ0v) is 11.3. The van der Waals surface area contributed by atoms with Crippen LogP contribution >= 0.6 is 0 Å². The van der Waals surface area contributed by atoms with Gasteiger partial charge in [-0.25, -0.2) is 0 Å². The molecular formula is C15H21NO2. The lowest BCUT2D eigenvalue weighted by atomic mass is 10.2. The van der Waals surface area contributed by atoms with E-state index in [0.29, 0.717) is 12.2 Å². The number of hydrogen-bond acceptors (Lipinski definition) is 2. The number of ether oxygens (including phenoxy) is 1. The molecule has 3 nitrogen and oxygen atoms in total. The van der Waals surface area contributed by atoms with E-state index in [0.717, 1.165) is 17.7 Å². The number of hydrogen-bond donors (Lipinski definition) is 1. The Balaban J connectivity index is 2.59. The van der Waals surface area contributed by atoms with Gasteiger partial charge in [-0.05, 0) is 50.1 Å². The van der Waals surface area contributed by atoms with E-state index in [1.54, 1.807) is 24.3 Å². The van der Waals surface area contributed by atoms with Gasteiger partial charge in [0.2, 0.25) is 0 Å². The smallest absolute Gasteiger partial charge is 0.251 e. The third-order valence-corrected chi connectivity index (χ3v) is 2.59. The van der Waals surface area contributed by atoms with E-state index in [1.165, 1.54) is 0 Å². The number of benzene rings is 1. The molecule has 3 heteroatoms. The molecule has 0 radical (unpaired) electrons. The number of carbonyl (C=O) groups excluding carboxylic acids is 1. The van der Waals surface area contributed by atoms with Crippen LogP contribution in [-0.2, 0) is 0 Å². The first kappa shape index (κ1) is 14.3.